The molecule has 0 aromatic heterocycles. The van der Waals surface area contributed by atoms with Crippen molar-refractivity contribution in [2.45, 2.75) is 57.2 Å². The largest absolute Gasteiger partial charge is 0.497 e. The number of hydrogen-bond acceptors (Lipinski definition) is 7. The van der Waals surface area contributed by atoms with Crippen LogP contribution in [0.3, 0.4) is 0 Å². The maximum absolute atomic E-state index is 11.9. The van der Waals surface area contributed by atoms with Crippen molar-refractivity contribution in [3.8, 4) is 5.75 Å². The molecule has 0 spiro atoms. The standard InChI is InChI=1S/C25H39NO7/c1-26(2)24(28)19-33-23(14-17-30-18-20-10-12-21(29-3)13-11-20)22(27)8-4-6-15-31-25-9-5-7-16-32-25/h4,6,10-13,22-23,25,27H,5,7-9,14-19H2,1-3H3/b6-4-/t22-,23+,25?/m1/s1. The number of amides is 1. The summed E-state index contributed by atoms with van der Waals surface area (Å²) in [6, 6.07) is 7.67. The van der Waals surface area contributed by atoms with E-state index in [1.54, 1.807) is 21.2 Å². The van der Waals surface area contributed by atoms with Crippen molar-refractivity contribution in [3.63, 3.8) is 0 Å². The van der Waals surface area contributed by atoms with Gasteiger partial charge in [0, 0.05) is 27.3 Å². The van der Waals surface area contributed by atoms with Crippen molar-refractivity contribution >= 4 is 5.91 Å². The summed E-state index contributed by atoms with van der Waals surface area (Å²) in [7, 11) is 4.98. The fourth-order valence-electron chi connectivity index (χ4n) is 3.27. The molecule has 0 saturated carbocycles. The molecular weight excluding hydrogens is 426 g/mol. The minimum atomic E-state index is -0.758. The third-order valence-electron chi connectivity index (χ3n) is 5.38. The third-order valence-corrected chi connectivity index (χ3v) is 5.38. The second-order valence-electron chi connectivity index (χ2n) is 8.23. The molecule has 0 radical (unpaired) electrons. The smallest absolute Gasteiger partial charge is 0.248 e. The number of benzene rings is 1. The summed E-state index contributed by atoms with van der Waals surface area (Å²) < 4.78 is 27.9. The minimum absolute atomic E-state index is 0.0843. The number of ether oxygens (including phenoxy) is 5. The maximum Gasteiger partial charge on any atom is 0.248 e. The number of nitrogens with zero attached hydrogens (tertiary/aromatic N) is 1. The third kappa shape index (κ3) is 11.1. The van der Waals surface area contributed by atoms with E-state index in [0.717, 1.165) is 37.2 Å². The van der Waals surface area contributed by atoms with E-state index < -0.39 is 12.2 Å². The molecule has 186 valence electrons. The van der Waals surface area contributed by atoms with Crippen molar-refractivity contribution in [2.24, 2.45) is 0 Å². The van der Waals surface area contributed by atoms with Gasteiger partial charge in [-0.3, -0.25) is 4.79 Å². The van der Waals surface area contributed by atoms with Crippen LogP contribution in [0.15, 0.2) is 36.4 Å². The van der Waals surface area contributed by atoms with E-state index in [4.69, 9.17) is 23.7 Å². The van der Waals surface area contributed by atoms with Gasteiger partial charge in [-0.2, -0.15) is 0 Å². The molecule has 0 aliphatic carbocycles. The van der Waals surface area contributed by atoms with Gasteiger partial charge in [-0.1, -0.05) is 24.3 Å². The Morgan fingerprint density at radius 1 is 1.24 bits per heavy atom. The van der Waals surface area contributed by atoms with Gasteiger partial charge < -0.3 is 33.7 Å². The summed E-state index contributed by atoms with van der Waals surface area (Å²) in [6.45, 7) is 1.95. The molecule has 8 heteroatoms. The molecule has 1 N–H and O–H groups in total. The second-order valence-corrected chi connectivity index (χ2v) is 8.23. The Kier molecular flexibility index (Phi) is 13.1. The molecule has 1 saturated heterocycles. The average Bonchev–Trinajstić information content (AvgIpc) is 2.84. The molecule has 1 aliphatic rings. The number of rotatable bonds is 15. The van der Waals surface area contributed by atoms with E-state index >= 15 is 0 Å². The summed E-state index contributed by atoms with van der Waals surface area (Å²) in [5.74, 6) is 0.647. The Labute approximate surface area is 197 Å². The summed E-state index contributed by atoms with van der Waals surface area (Å²) in [5, 5.41) is 10.6. The van der Waals surface area contributed by atoms with Gasteiger partial charge in [0.05, 0.1) is 32.5 Å². The topological polar surface area (TPSA) is 86.7 Å². The van der Waals surface area contributed by atoms with Crippen LogP contribution in [0.25, 0.3) is 0 Å². The zero-order valence-electron chi connectivity index (χ0n) is 20.1. The monoisotopic (exact) mass is 465 g/mol. The Bertz CT molecular complexity index is 687. The molecule has 3 atom stereocenters. The van der Waals surface area contributed by atoms with Crippen LogP contribution in [0, 0.1) is 0 Å². The molecule has 8 nitrogen and oxygen atoms in total. The first-order valence-electron chi connectivity index (χ1n) is 11.6. The fraction of sp³-hybridized carbons (Fsp3) is 0.640. The molecule has 1 aromatic carbocycles. The lowest BCUT2D eigenvalue weighted by Crippen LogP contribution is -2.35. The number of aliphatic hydroxyl groups excluding tert-OH is 1. The SMILES string of the molecule is COc1ccc(COCC[C@H](OCC(=O)N(C)C)[C@H](O)C/C=C\COC2CCCCO2)cc1. The van der Waals surface area contributed by atoms with Gasteiger partial charge in [0.15, 0.2) is 6.29 Å². The Balaban J connectivity index is 1.75. The van der Waals surface area contributed by atoms with Gasteiger partial charge in [0.1, 0.15) is 12.4 Å². The summed E-state index contributed by atoms with van der Waals surface area (Å²) in [5.41, 5.74) is 1.03. The van der Waals surface area contributed by atoms with Crippen molar-refractivity contribution < 1.29 is 33.6 Å². The summed E-state index contributed by atoms with van der Waals surface area (Å²) in [4.78, 5) is 13.4. The molecule has 1 aliphatic heterocycles. The van der Waals surface area contributed by atoms with Crippen LogP contribution in [0.1, 0.15) is 37.7 Å². The zero-order chi connectivity index (χ0) is 23.9. The summed E-state index contributed by atoms with van der Waals surface area (Å²) >= 11 is 0. The number of carbonyl (C=O) groups is 1. The predicted molar refractivity (Wildman–Crippen MR) is 125 cm³/mol. The van der Waals surface area contributed by atoms with Crippen molar-refractivity contribution in [1.29, 1.82) is 0 Å². The lowest BCUT2D eigenvalue weighted by Gasteiger charge is -2.23. The first-order chi connectivity index (χ1) is 16.0. The van der Waals surface area contributed by atoms with E-state index in [9.17, 15) is 9.90 Å². The van der Waals surface area contributed by atoms with Crippen molar-refractivity contribution in [1.82, 2.24) is 4.90 Å². The van der Waals surface area contributed by atoms with E-state index in [-0.39, 0.29) is 18.8 Å². The van der Waals surface area contributed by atoms with Gasteiger partial charge in [0.25, 0.3) is 0 Å². The molecular formula is C25H39NO7. The average molecular weight is 466 g/mol. The zero-order valence-corrected chi connectivity index (χ0v) is 20.1. The second kappa shape index (κ2) is 15.8. The van der Waals surface area contributed by atoms with Crippen LogP contribution in [-0.2, 0) is 30.3 Å². The minimum Gasteiger partial charge on any atom is -0.497 e. The molecule has 2 rings (SSSR count). The number of methoxy groups -OCH3 is 1. The van der Waals surface area contributed by atoms with Gasteiger partial charge in [-0.25, -0.2) is 0 Å². The van der Waals surface area contributed by atoms with Gasteiger partial charge in [0.2, 0.25) is 5.91 Å². The molecule has 33 heavy (non-hydrogen) atoms. The Hall–Kier alpha value is -1.97. The molecule has 1 aromatic rings. The molecule has 0 bridgehead atoms. The summed E-state index contributed by atoms with van der Waals surface area (Å²) in [6.07, 6.45) is 6.34. The number of aliphatic hydroxyl groups is 1. The highest BCUT2D eigenvalue weighted by atomic mass is 16.7. The number of hydrogen-bond donors (Lipinski definition) is 1. The molecule has 1 heterocycles. The van der Waals surface area contributed by atoms with E-state index in [0.29, 0.717) is 32.7 Å². The van der Waals surface area contributed by atoms with Gasteiger partial charge in [-0.15, -0.1) is 0 Å². The van der Waals surface area contributed by atoms with Crippen LogP contribution in [0.5, 0.6) is 5.75 Å². The Morgan fingerprint density at radius 2 is 2.03 bits per heavy atom. The van der Waals surface area contributed by atoms with Gasteiger partial charge in [-0.05, 0) is 49.8 Å². The first kappa shape index (κ1) is 27.3. The molecule has 1 fully saturated rings. The van der Waals surface area contributed by atoms with Crippen LogP contribution < -0.4 is 4.74 Å². The Morgan fingerprint density at radius 3 is 2.70 bits per heavy atom. The normalized spacial score (nSPS) is 18.2. The number of likely N-dealkylation sites (N-methyl/N-ethyl adjacent to an activating group) is 1. The lowest BCUT2D eigenvalue weighted by atomic mass is 10.1. The highest BCUT2D eigenvalue weighted by Gasteiger charge is 2.21. The predicted octanol–water partition coefficient (Wildman–Crippen LogP) is 2.93. The fourth-order valence-corrected chi connectivity index (χ4v) is 3.27. The maximum atomic E-state index is 11.9. The van der Waals surface area contributed by atoms with Crippen LogP contribution in [-0.4, -0.2) is 82.0 Å². The quantitative estimate of drug-likeness (QED) is 0.315. The van der Waals surface area contributed by atoms with Crippen LogP contribution in [0.2, 0.25) is 0 Å². The van der Waals surface area contributed by atoms with E-state index in [1.165, 1.54) is 4.90 Å². The highest BCUT2D eigenvalue weighted by Crippen LogP contribution is 2.15. The molecule has 1 unspecified atom stereocenters. The highest BCUT2D eigenvalue weighted by molar-refractivity contribution is 5.76. The van der Waals surface area contributed by atoms with E-state index in [1.807, 2.05) is 36.4 Å². The van der Waals surface area contributed by atoms with E-state index in [2.05, 4.69) is 0 Å². The van der Waals surface area contributed by atoms with Crippen LogP contribution >= 0.6 is 0 Å². The first-order valence-corrected chi connectivity index (χ1v) is 11.6. The molecule has 1 amide bonds. The van der Waals surface area contributed by atoms with Crippen molar-refractivity contribution in [2.75, 3.05) is 47.6 Å². The van der Waals surface area contributed by atoms with Crippen molar-refractivity contribution in [3.05, 3.63) is 42.0 Å². The van der Waals surface area contributed by atoms with Crippen LogP contribution in [0.4, 0.5) is 0 Å². The lowest BCUT2D eigenvalue weighted by molar-refractivity contribution is -0.155. The van der Waals surface area contributed by atoms with Gasteiger partial charge >= 0.3 is 0 Å². The number of carbonyl (C=O) groups excluding carboxylic acids is 1.